The van der Waals surface area contributed by atoms with Crippen LogP contribution < -0.4 is 5.56 Å². The zero-order valence-corrected chi connectivity index (χ0v) is 9.28. The fourth-order valence-electron chi connectivity index (χ4n) is 1.36. The molecule has 0 aliphatic carbocycles. The van der Waals surface area contributed by atoms with Gasteiger partial charge in [0.25, 0.3) is 5.56 Å². The van der Waals surface area contributed by atoms with Gasteiger partial charge >= 0.3 is 0 Å². The first-order valence-electron chi connectivity index (χ1n) is 4.37. The van der Waals surface area contributed by atoms with E-state index in [4.69, 9.17) is 0 Å². The van der Waals surface area contributed by atoms with Gasteiger partial charge in [0.15, 0.2) is 0 Å². The lowest BCUT2D eigenvalue weighted by Gasteiger charge is -2.02. The molecule has 0 spiro atoms. The molecule has 0 unspecified atom stereocenters. The number of fused-ring (bicyclic) bond motifs is 1. The van der Waals surface area contributed by atoms with E-state index in [9.17, 15) is 4.79 Å². The van der Waals surface area contributed by atoms with Crippen LogP contribution in [0.1, 0.15) is 6.92 Å². The Hall–Kier alpha value is -1.16. The lowest BCUT2D eigenvalue weighted by atomic mass is 10.2. The van der Waals surface area contributed by atoms with Crippen LogP contribution >= 0.6 is 15.9 Å². The van der Waals surface area contributed by atoms with Gasteiger partial charge in [-0.3, -0.25) is 9.36 Å². The highest BCUT2D eigenvalue weighted by Crippen LogP contribution is 2.14. The third kappa shape index (κ3) is 1.46. The molecule has 1 heterocycles. The summed E-state index contributed by atoms with van der Waals surface area (Å²) in [6.07, 6.45) is 1.58. The van der Waals surface area contributed by atoms with Crippen molar-refractivity contribution < 1.29 is 0 Å². The predicted molar refractivity (Wildman–Crippen MR) is 59.4 cm³/mol. The molecule has 0 atom stereocenters. The number of aromatic nitrogens is 2. The Morgan fingerprint density at radius 3 is 3.00 bits per heavy atom. The van der Waals surface area contributed by atoms with E-state index in [0.717, 1.165) is 9.99 Å². The smallest absolute Gasteiger partial charge is 0.261 e. The zero-order valence-electron chi connectivity index (χ0n) is 7.70. The van der Waals surface area contributed by atoms with E-state index in [1.54, 1.807) is 17.0 Å². The number of rotatable bonds is 1. The molecule has 1 aromatic heterocycles. The molecule has 14 heavy (non-hydrogen) atoms. The molecule has 0 amide bonds. The van der Waals surface area contributed by atoms with Gasteiger partial charge in [-0.15, -0.1) is 0 Å². The maximum atomic E-state index is 11.8. The first-order chi connectivity index (χ1) is 6.72. The second kappa shape index (κ2) is 3.53. The van der Waals surface area contributed by atoms with E-state index in [0.29, 0.717) is 11.9 Å². The van der Waals surface area contributed by atoms with E-state index < -0.39 is 0 Å². The van der Waals surface area contributed by atoms with Gasteiger partial charge in [-0.25, -0.2) is 4.98 Å². The summed E-state index contributed by atoms with van der Waals surface area (Å²) < 4.78 is 2.49. The van der Waals surface area contributed by atoms with E-state index in [2.05, 4.69) is 20.9 Å². The van der Waals surface area contributed by atoms with Crippen LogP contribution in [-0.4, -0.2) is 9.55 Å². The van der Waals surface area contributed by atoms with Gasteiger partial charge in [0, 0.05) is 11.0 Å². The van der Waals surface area contributed by atoms with Crippen LogP contribution in [0.3, 0.4) is 0 Å². The Kier molecular flexibility index (Phi) is 2.37. The summed E-state index contributed by atoms with van der Waals surface area (Å²) in [5.41, 5.74) is 0.752. The van der Waals surface area contributed by atoms with Gasteiger partial charge in [-0.1, -0.05) is 15.9 Å². The Morgan fingerprint density at radius 1 is 1.50 bits per heavy atom. The standard InChI is InChI=1S/C10H9BrN2O/c1-2-13-6-12-9-4-3-7(11)5-8(9)10(13)14/h3-6H,2H2,1H3. The molecule has 1 aromatic carbocycles. The minimum atomic E-state index is 0.0128. The normalized spacial score (nSPS) is 10.7. The minimum absolute atomic E-state index is 0.0128. The van der Waals surface area contributed by atoms with Crippen LogP contribution in [0.2, 0.25) is 0 Å². The summed E-state index contributed by atoms with van der Waals surface area (Å²) in [4.78, 5) is 16.0. The van der Waals surface area contributed by atoms with E-state index >= 15 is 0 Å². The van der Waals surface area contributed by atoms with Crippen LogP contribution in [0.5, 0.6) is 0 Å². The average molecular weight is 253 g/mol. The second-order valence-electron chi connectivity index (χ2n) is 3.00. The number of hydrogen-bond acceptors (Lipinski definition) is 2. The molecule has 0 saturated heterocycles. The highest BCUT2D eigenvalue weighted by molar-refractivity contribution is 9.10. The largest absolute Gasteiger partial charge is 0.299 e. The van der Waals surface area contributed by atoms with Gasteiger partial charge in [0.2, 0.25) is 0 Å². The molecule has 2 aromatic rings. The summed E-state index contributed by atoms with van der Waals surface area (Å²) in [7, 11) is 0. The lowest BCUT2D eigenvalue weighted by Crippen LogP contribution is -2.19. The first-order valence-corrected chi connectivity index (χ1v) is 5.16. The number of nitrogens with zero attached hydrogens (tertiary/aromatic N) is 2. The molecule has 4 heteroatoms. The molecule has 72 valence electrons. The maximum Gasteiger partial charge on any atom is 0.261 e. The molecule has 0 radical (unpaired) electrons. The summed E-state index contributed by atoms with van der Waals surface area (Å²) in [6, 6.07) is 5.52. The van der Waals surface area contributed by atoms with Crippen molar-refractivity contribution in [3.05, 3.63) is 39.4 Å². The van der Waals surface area contributed by atoms with Crippen molar-refractivity contribution in [2.75, 3.05) is 0 Å². The van der Waals surface area contributed by atoms with Crippen LogP contribution in [-0.2, 0) is 6.54 Å². The Bertz CT molecular complexity index is 533. The van der Waals surface area contributed by atoms with Gasteiger partial charge < -0.3 is 0 Å². The predicted octanol–water partition coefficient (Wildman–Crippen LogP) is 2.18. The van der Waals surface area contributed by atoms with Crippen LogP contribution in [0.4, 0.5) is 0 Å². The van der Waals surface area contributed by atoms with Gasteiger partial charge in [0.1, 0.15) is 0 Å². The van der Waals surface area contributed by atoms with Gasteiger partial charge in [-0.05, 0) is 25.1 Å². The fourth-order valence-corrected chi connectivity index (χ4v) is 1.72. The molecular weight excluding hydrogens is 244 g/mol. The third-order valence-electron chi connectivity index (χ3n) is 2.13. The van der Waals surface area contributed by atoms with Crippen molar-refractivity contribution in [2.24, 2.45) is 0 Å². The number of hydrogen-bond donors (Lipinski definition) is 0. The van der Waals surface area contributed by atoms with Crippen molar-refractivity contribution in [1.82, 2.24) is 9.55 Å². The average Bonchev–Trinajstić information content (AvgIpc) is 2.20. The summed E-state index contributed by atoms with van der Waals surface area (Å²) in [5.74, 6) is 0. The number of benzene rings is 1. The van der Waals surface area contributed by atoms with Crippen LogP contribution in [0.25, 0.3) is 10.9 Å². The molecule has 0 N–H and O–H groups in total. The Balaban J connectivity index is 2.87. The monoisotopic (exact) mass is 252 g/mol. The first kappa shape index (κ1) is 9.40. The van der Waals surface area contributed by atoms with Crippen molar-refractivity contribution >= 4 is 26.8 Å². The van der Waals surface area contributed by atoms with Gasteiger partial charge in [0.05, 0.1) is 17.2 Å². The van der Waals surface area contributed by atoms with Gasteiger partial charge in [-0.2, -0.15) is 0 Å². The van der Waals surface area contributed by atoms with Crippen molar-refractivity contribution in [3.63, 3.8) is 0 Å². The van der Waals surface area contributed by atoms with Crippen molar-refractivity contribution in [3.8, 4) is 0 Å². The highest BCUT2D eigenvalue weighted by Gasteiger charge is 2.02. The van der Waals surface area contributed by atoms with E-state index in [1.807, 2.05) is 19.1 Å². The SMILES string of the molecule is CCn1cnc2ccc(Br)cc2c1=O. The Morgan fingerprint density at radius 2 is 2.29 bits per heavy atom. The molecule has 0 bridgehead atoms. The van der Waals surface area contributed by atoms with E-state index in [1.165, 1.54) is 0 Å². The highest BCUT2D eigenvalue weighted by atomic mass is 79.9. The van der Waals surface area contributed by atoms with Crippen molar-refractivity contribution in [2.45, 2.75) is 13.5 Å². The molecule has 0 saturated carbocycles. The molecule has 2 rings (SSSR count). The van der Waals surface area contributed by atoms with Crippen LogP contribution in [0.15, 0.2) is 33.8 Å². The summed E-state index contributed by atoms with van der Waals surface area (Å²) in [5, 5.41) is 0.656. The maximum absolute atomic E-state index is 11.8. The quantitative estimate of drug-likeness (QED) is 0.780. The second-order valence-corrected chi connectivity index (χ2v) is 3.91. The minimum Gasteiger partial charge on any atom is -0.299 e. The molecular formula is C10H9BrN2O. The molecule has 3 nitrogen and oxygen atoms in total. The Labute approximate surface area is 89.5 Å². The summed E-state index contributed by atoms with van der Waals surface area (Å²) >= 11 is 3.34. The number of aryl methyl sites for hydroxylation is 1. The molecule has 0 aliphatic heterocycles. The van der Waals surface area contributed by atoms with Crippen LogP contribution in [0, 0.1) is 0 Å². The third-order valence-corrected chi connectivity index (χ3v) is 2.62. The summed E-state index contributed by atoms with van der Waals surface area (Å²) in [6.45, 7) is 2.57. The topological polar surface area (TPSA) is 34.9 Å². The zero-order chi connectivity index (χ0) is 10.1. The van der Waals surface area contributed by atoms with Crippen molar-refractivity contribution in [1.29, 1.82) is 0 Å². The molecule has 0 fully saturated rings. The molecule has 0 aliphatic rings. The number of halogens is 1. The van der Waals surface area contributed by atoms with E-state index in [-0.39, 0.29) is 5.56 Å². The lowest BCUT2D eigenvalue weighted by molar-refractivity contribution is 0.717. The fraction of sp³-hybridized carbons (Fsp3) is 0.200.